The Kier molecular flexibility index (Phi) is 13.0. The van der Waals surface area contributed by atoms with Gasteiger partial charge in [0.05, 0.1) is 0 Å². The normalized spacial score (nSPS) is 11.5. The number of hydrogen-bond acceptors (Lipinski definition) is 0. The summed E-state index contributed by atoms with van der Waals surface area (Å²) >= 11 is 0. The van der Waals surface area contributed by atoms with E-state index in [0.717, 1.165) is 0 Å². The van der Waals surface area contributed by atoms with E-state index in [0.29, 0.717) is 0 Å². The Morgan fingerprint density at radius 3 is 2.05 bits per heavy atom. The summed E-state index contributed by atoms with van der Waals surface area (Å²) in [6, 6.07) is 8.87. The lowest BCUT2D eigenvalue weighted by Gasteiger charge is -2.15. The maximum atomic E-state index is 2.33. The van der Waals surface area contributed by atoms with Crippen molar-refractivity contribution in [3.8, 4) is 0 Å². The molecule has 0 aliphatic rings. The van der Waals surface area contributed by atoms with Gasteiger partial charge in [-0.25, -0.2) is 0 Å². The predicted molar refractivity (Wildman–Crippen MR) is 103 cm³/mol. The van der Waals surface area contributed by atoms with E-state index >= 15 is 0 Å². The first-order chi connectivity index (χ1) is 10.7. The number of hydrogen-bond donors (Lipinski definition) is 0. The molecular weight excluding hydrogens is 264 g/mol. The van der Waals surface area contributed by atoms with Crippen LogP contribution in [0.5, 0.6) is 0 Å². The fourth-order valence-corrected chi connectivity index (χ4v) is 2.92. The van der Waals surface area contributed by atoms with Crippen LogP contribution < -0.4 is 0 Å². The second kappa shape index (κ2) is 13.6. The molecule has 0 heterocycles. The first-order valence-electron chi connectivity index (χ1n) is 9.45. The van der Waals surface area contributed by atoms with E-state index in [-0.39, 0.29) is 0 Å². The van der Waals surface area contributed by atoms with Gasteiger partial charge in [0.25, 0.3) is 0 Å². The van der Waals surface area contributed by atoms with Gasteiger partial charge in [0.15, 0.2) is 0 Å². The summed E-state index contributed by atoms with van der Waals surface area (Å²) in [5.41, 5.74) is 6.11. The zero-order valence-corrected chi connectivity index (χ0v) is 16.0. The lowest BCUT2D eigenvalue weighted by molar-refractivity contribution is 0.639. The lowest BCUT2D eigenvalue weighted by atomic mass is 9.90. The molecule has 0 amide bonds. The maximum absolute atomic E-state index is 2.33. The largest absolute Gasteiger partial charge is 0.0695 e. The number of unbranched alkanes of at least 4 members (excludes halogenated alkanes) is 4. The second-order valence-corrected chi connectivity index (χ2v) is 5.99. The van der Waals surface area contributed by atoms with Crippen LogP contribution in [0.4, 0.5) is 0 Å². The van der Waals surface area contributed by atoms with Gasteiger partial charge in [-0.3, -0.25) is 0 Å². The van der Waals surface area contributed by atoms with Gasteiger partial charge in [-0.05, 0) is 49.8 Å². The second-order valence-electron chi connectivity index (χ2n) is 5.99. The molecule has 1 rings (SSSR count). The van der Waals surface area contributed by atoms with Crippen molar-refractivity contribution < 1.29 is 0 Å². The molecule has 1 aromatic rings. The molecule has 0 spiro atoms. The Morgan fingerprint density at radius 2 is 1.45 bits per heavy atom. The van der Waals surface area contributed by atoms with Crippen LogP contribution in [0.3, 0.4) is 0 Å². The number of rotatable bonds is 9. The molecular formula is C22H38. The van der Waals surface area contributed by atoms with Gasteiger partial charge < -0.3 is 0 Å². The van der Waals surface area contributed by atoms with E-state index < -0.39 is 0 Å². The van der Waals surface area contributed by atoms with Crippen LogP contribution in [0.1, 0.15) is 97.1 Å². The third kappa shape index (κ3) is 7.82. The molecule has 0 unspecified atom stereocenters. The molecule has 0 heteroatoms. The molecule has 0 bridgehead atoms. The molecule has 1 aromatic carbocycles. The number of benzene rings is 1. The molecule has 0 saturated carbocycles. The first kappa shape index (κ1) is 21.0. The Bertz CT molecular complexity index is 412. The molecule has 0 atom stereocenters. The SMILES string of the molecule is CC.CCCCCCC/C(=C(/C)CCC)c1ccccc1C. The molecule has 0 aliphatic heterocycles. The molecule has 0 N–H and O–H groups in total. The van der Waals surface area contributed by atoms with Crippen LogP contribution in [0.15, 0.2) is 29.8 Å². The summed E-state index contributed by atoms with van der Waals surface area (Å²) in [5.74, 6) is 0. The molecule has 22 heavy (non-hydrogen) atoms. The van der Waals surface area contributed by atoms with Gasteiger partial charge in [0.2, 0.25) is 0 Å². The smallest absolute Gasteiger partial charge is 0.0196 e. The number of aryl methyl sites for hydroxylation is 1. The third-order valence-electron chi connectivity index (χ3n) is 4.14. The summed E-state index contributed by atoms with van der Waals surface area (Å²) in [4.78, 5) is 0. The molecule has 0 aliphatic carbocycles. The van der Waals surface area contributed by atoms with Gasteiger partial charge in [-0.15, -0.1) is 0 Å². The fourth-order valence-electron chi connectivity index (χ4n) is 2.92. The molecule has 0 radical (unpaired) electrons. The Morgan fingerprint density at radius 1 is 0.818 bits per heavy atom. The molecule has 0 saturated heterocycles. The highest BCUT2D eigenvalue weighted by molar-refractivity contribution is 5.70. The maximum Gasteiger partial charge on any atom is -0.0196 e. The van der Waals surface area contributed by atoms with Crippen molar-refractivity contribution in [3.63, 3.8) is 0 Å². The van der Waals surface area contributed by atoms with Crippen molar-refractivity contribution in [2.24, 2.45) is 0 Å². The van der Waals surface area contributed by atoms with Crippen LogP contribution in [0.25, 0.3) is 5.57 Å². The Labute approximate surface area is 140 Å². The monoisotopic (exact) mass is 302 g/mol. The van der Waals surface area contributed by atoms with Crippen LogP contribution >= 0.6 is 0 Å². The highest BCUT2D eigenvalue weighted by Gasteiger charge is 2.08. The zero-order chi connectivity index (χ0) is 16.8. The van der Waals surface area contributed by atoms with Crippen molar-refractivity contribution in [2.45, 2.75) is 92.9 Å². The van der Waals surface area contributed by atoms with Gasteiger partial charge >= 0.3 is 0 Å². The average Bonchev–Trinajstić information content (AvgIpc) is 2.54. The molecule has 0 fully saturated rings. The Balaban J connectivity index is 0.00000211. The topological polar surface area (TPSA) is 0 Å². The van der Waals surface area contributed by atoms with E-state index in [1.165, 1.54) is 62.5 Å². The van der Waals surface area contributed by atoms with Crippen molar-refractivity contribution in [2.75, 3.05) is 0 Å². The summed E-state index contributed by atoms with van der Waals surface area (Å²) in [5, 5.41) is 0. The van der Waals surface area contributed by atoms with Gasteiger partial charge in [0, 0.05) is 0 Å². The minimum absolute atomic E-state index is 1.23. The highest BCUT2D eigenvalue weighted by atomic mass is 14.1. The van der Waals surface area contributed by atoms with E-state index in [2.05, 4.69) is 52.0 Å². The summed E-state index contributed by atoms with van der Waals surface area (Å²) in [7, 11) is 0. The van der Waals surface area contributed by atoms with Gasteiger partial charge in [-0.2, -0.15) is 0 Å². The van der Waals surface area contributed by atoms with Gasteiger partial charge in [-0.1, -0.05) is 89.6 Å². The van der Waals surface area contributed by atoms with Crippen LogP contribution in [0, 0.1) is 6.92 Å². The highest BCUT2D eigenvalue weighted by Crippen LogP contribution is 2.29. The third-order valence-corrected chi connectivity index (χ3v) is 4.14. The van der Waals surface area contributed by atoms with Crippen molar-refractivity contribution >= 4 is 5.57 Å². The fraction of sp³-hybridized carbons (Fsp3) is 0.636. The van der Waals surface area contributed by atoms with Crippen molar-refractivity contribution in [1.82, 2.24) is 0 Å². The van der Waals surface area contributed by atoms with Gasteiger partial charge in [0.1, 0.15) is 0 Å². The van der Waals surface area contributed by atoms with Crippen LogP contribution in [-0.2, 0) is 0 Å². The molecule has 126 valence electrons. The van der Waals surface area contributed by atoms with E-state index in [1.807, 2.05) is 13.8 Å². The van der Waals surface area contributed by atoms with Crippen molar-refractivity contribution in [1.29, 1.82) is 0 Å². The van der Waals surface area contributed by atoms with E-state index in [1.54, 1.807) is 11.1 Å². The quantitative estimate of drug-likeness (QED) is 0.406. The minimum atomic E-state index is 1.23. The lowest BCUT2D eigenvalue weighted by Crippen LogP contribution is -1.94. The number of allylic oxidation sites excluding steroid dienone is 2. The molecule has 0 nitrogen and oxygen atoms in total. The minimum Gasteiger partial charge on any atom is -0.0695 e. The first-order valence-corrected chi connectivity index (χ1v) is 9.45. The molecule has 0 aromatic heterocycles. The van der Waals surface area contributed by atoms with Crippen molar-refractivity contribution in [3.05, 3.63) is 41.0 Å². The van der Waals surface area contributed by atoms with Crippen LogP contribution in [0.2, 0.25) is 0 Å². The average molecular weight is 303 g/mol. The predicted octanol–water partition coefficient (Wildman–Crippen LogP) is 7.96. The summed E-state index contributed by atoms with van der Waals surface area (Å²) in [6.07, 6.45) is 10.6. The summed E-state index contributed by atoms with van der Waals surface area (Å²) < 4.78 is 0. The summed E-state index contributed by atoms with van der Waals surface area (Å²) in [6.45, 7) is 13.1. The zero-order valence-electron chi connectivity index (χ0n) is 16.0. The standard InChI is InChI=1S/C20H32.C2H6/c1-5-7-8-9-10-15-19(17(3)13-6-2)20-16-12-11-14-18(20)4;1-2/h11-12,14,16H,5-10,13,15H2,1-4H3;1-2H3/b19-17+;. The van der Waals surface area contributed by atoms with E-state index in [9.17, 15) is 0 Å². The van der Waals surface area contributed by atoms with E-state index in [4.69, 9.17) is 0 Å². The Hall–Kier alpha value is -1.04. The van der Waals surface area contributed by atoms with Crippen LogP contribution in [-0.4, -0.2) is 0 Å².